The average Bonchev–Trinajstić information content (AvgIpc) is 3.29. The Bertz CT molecular complexity index is 1040. The van der Waals surface area contributed by atoms with E-state index in [0.717, 1.165) is 26.3 Å². The minimum atomic E-state index is -1.39. The molecular weight excluding hydrogens is 505 g/mol. The molecule has 162 valence electrons. The van der Waals surface area contributed by atoms with E-state index in [1.807, 2.05) is 24.3 Å². The number of amides is 4. The van der Waals surface area contributed by atoms with Crippen molar-refractivity contribution in [2.45, 2.75) is 37.8 Å². The third kappa shape index (κ3) is 4.12. The SMILES string of the molecule is CC1(Cc2ccc(Br)cc2)C(=O)N(c2cc(Cl)cc(Cl)c2)C(=O)N1C(=O)C1CCCN1. The molecule has 4 amide bonds. The van der Waals surface area contributed by atoms with E-state index >= 15 is 0 Å². The Hall–Kier alpha value is -1.93. The molecule has 0 saturated carbocycles. The lowest BCUT2D eigenvalue weighted by molar-refractivity contribution is -0.138. The Morgan fingerprint density at radius 3 is 2.39 bits per heavy atom. The maximum atomic E-state index is 13.7. The second-order valence-corrected chi connectivity index (χ2v) is 9.74. The maximum absolute atomic E-state index is 13.7. The molecule has 0 bridgehead atoms. The molecular formula is C22H20BrCl2N3O3. The molecule has 1 N–H and O–H groups in total. The van der Waals surface area contributed by atoms with E-state index in [1.54, 1.807) is 6.92 Å². The van der Waals surface area contributed by atoms with Gasteiger partial charge in [-0.1, -0.05) is 51.3 Å². The van der Waals surface area contributed by atoms with Crippen molar-refractivity contribution in [2.24, 2.45) is 0 Å². The standard InChI is InChI=1S/C22H20BrCl2N3O3/c1-22(12-13-4-6-14(23)7-5-13)20(30)27(17-10-15(24)9-16(25)11-17)21(31)28(22)19(29)18-3-2-8-26-18/h4-7,9-11,18,26H,2-3,8,12H2,1H3. The Morgan fingerprint density at radius 1 is 1.16 bits per heavy atom. The Balaban J connectivity index is 1.78. The molecule has 6 nitrogen and oxygen atoms in total. The molecule has 4 rings (SSSR count). The van der Waals surface area contributed by atoms with Crippen molar-refractivity contribution in [3.63, 3.8) is 0 Å². The van der Waals surface area contributed by atoms with Crippen LogP contribution in [0.5, 0.6) is 0 Å². The van der Waals surface area contributed by atoms with Crippen LogP contribution >= 0.6 is 39.1 Å². The highest BCUT2D eigenvalue weighted by Gasteiger charge is 2.58. The number of nitrogens with one attached hydrogen (secondary N) is 1. The number of urea groups is 1. The van der Waals surface area contributed by atoms with Gasteiger partial charge in [0.1, 0.15) is 5.54 Å². The zero-order valence-corrected chi connectivity index (χ0v) is 19.8. The molecule has 0 spiro atoms. The van der Waals surface area contributed by atoms with E-state index in [1.165, 1.54) is 18.2 Å². The number of halogens is 3. The Labute approximate surface area is 198 Å². The number of carbonyl (C=O) groups is 3. The number of rotatable bonds is 4. The van der Waals surface area contributed by atoms with Gasteiger partial charge in [-0.25, -0.2) is 14.6 Å². The van der Waals surface area contributed by atoms with Crippen LogP contribution < -0.4 is 10.2 Å². The summed E-state index contributed by atoms with van der Waals surface area (Å²) in [4.78, 5) is 42.6. The van der Waals surface area contributed by atoms with Gasteiger partial charge >= 0.3 is 6.03 Å². The zero-order chi connectivity index (χ0) is 22.3. The van der Waals surface area contributed by atoms with E-state index in [2.05, 4.69) is 21.2 Å². The fourth-order valence-corrected chi connectivity index (χ4v) is 4.95. The highest BCUT2D eigenvalue weighted by molar-refractivity contribution is 9.10. The molecule has 2 saturated heterocycles. The maximum Gasteiger partial charge on any atom is 0.339 e. The first-order valence-corrected chi connectivity index (χ1v) is 11.4. The first kappa shape index (κ1) is 22.3. The second kappa shape index (κ2) is 8.54. The number of nitrogens with zero attached hydrogens (tertiary/aromatic N) is 2. The van der Waals surface area contributed by atoms with Crippen LogP contribution in [0.3, 0.4) is 0 Å². The molecule has 31 heavy (non-hydrogen) atoms. The van der Waals surface area contributed by atoms with Gasteiger partial charge in [0, 0.05) is 20.9 Å². The quantitative estimate of drug-likeness (QED) is 0.583. The summed E-state index contributed by atoms with van der Waals surface area (Å²) in [5.74, 6) is -0.892. The van der Waals surface area contributed by atoms with Crippen LogP contribution in [0.2, 0.25) is 10.0 Å². The smallest absolute Gasteiger partial charge is 0.306 e. The van der Waals surface area contributed by atoms with Crippen LogP contribution in [0.1, 0.15) is 25.3 Å². The lowest BCUT2D eigenvalue weighted by atomic mass is 9.90. The van der Waals surface area contributed by atoms with Gasteiger partial charge in [-0.15, -0.1) is 0 Å². The number of carbonyl (C=O) groups excluding carboxylic acids is 3. The van der Waals surface area contributed by atoms with Gasteiger partial charge in [0.2, 0.25) is 5.91 Å². The first-order valence-electron chi connectivity index (χ1n) is 9.87. The predicted octanol–water partition coefficient (Wildman–Crippen LogP) is 4.80. The minimum absolute atomic E-state index is 0.189. The first-order chi connectivity index (χ1) is 14.7. The van der Waals surface area contributed by atoms with Crippen LogP contribution in [-0.2, 0) is 16.0 Å². The monoisotopic (exact) mass is 523 g/mol. The van der Waals surface area contributed by atoms with Crippen molar-refractivity contribution >= 4 is 62.7 Å². The minimum Gasteiger partial charge on any atom is -0.306 e. The molecule has 9 heteroatoms. The summed E-state index contributed by atoms with van der Waals surface area (Å²) in [6.07, 6.45) is 1.64. The van der Waals surface area contributed by atoms with E-state index in [4.69, 9.17) is 23.2 Å². The highest BCUT2D eigenvalue weighted by Crippen LogP contribution is 2.37. The normalized spacial score (nSPS) is 23.7. The average molecular weight is 525 g/mol. The third-order valence-electron chi connectivity index (χ3n) is 5.69. The Kier molecular flexibility index (Phi) is 6.14. The summed E-state index contributed by atoms with van der Waals surface area (Å²) < 4.78 is 0.897. The van der Waals surface area contributed by atoms with E-state index in [0.29, 0.717) is 23.0 Å². The predicted molar refractivity (Wildman–Crippen MR) is 123 cm³/mol. The van der Waals surface area contributed by atoms with Gasteiger partial charge in [-0.3, -0.25) is 9.59 Å². The summed E-state index contributed by atoms with van der Waals surface area (Å²) in [6.45, 7) is 2.33. The van der Waals surface area contributed by atoms with Crippen molar-refractivity contribution in [3.05, 3.63) is 62.5 Å². The van der Waals surface area contributed by atoms with Crippen molar-refractivity contribution in [2.75, 3.05) is 11.4 Å². The van der Waals surface area contributed by atoms with Crippen LogP contribution in [0.25, 0.3) is 0 Å². The second-order valence-electron chi connectivity index (χ2n) is 7.95. The van der Waals surface area contributed by atoms with Crippen molar-refractivity contribution in [1.29, 1.82) is 0 Å². The number of anilines is 1. The van der Waals surface area contributed by atoms with Gasteiger partial charge in [-0.2, -0.15) is 0 Å². The zero-order valence-electron chi connectivity index (χ0n) is 16.7. The van der Waals surface area contributed by atoms with E-state index in [9.17, 15) is 14.4 Å². The van der Waals surface area contributed by atoms with Crippen molar-refractivity contribution in [3.8, 4) is 0 Å². The van der Waals surface area contributed by atoms with Gasteiger partial charge in [0.15, 0.2) is 0 Å². The molecule has 2 aliphatic rings. The molecule has 2 aromatic carbocycles. The number of hydrogen-bond acceptors (Lipinski definition) is 4. The van der Waals surface area contributed by atoms with Gasteiger partial charge in [-0.05, 0) is 62.2 Å². The van der Waals surface area contributed by atoms with Crippen LogP contribution in [-0.4, -0.2) is 40.9 Å². The number of hydrogen-bond donors (Lipinski definition) is 1. The topological polar surface area (TPSA) is 69.7 Å². The number of imide groups is 2. The summed E-state index contributed by atoms with van der Waals surface area (Å²) in [5, 5.41) is 3.71. The summed E-state index contributed by atoms with van der Waals surface area (Å²) >= 11 is 15.6. The van der Waals surface area contributed by atoms with Crippen LogP contribution in [0, 0.1) is 0 Å². The summed E-state index contributed by atoms with van der Waals surface area (Å²) in [5.41, 5.74) is -0.319. The van der Waals surface area contributed by atoms with Crippen molar-refractivity contribution in [1.82, 2.24) is 10.2 Å². The van der Waals surface area contributed by atoms with Crippen LogP contribution in [0.4, 0.5) is 10.5 Å². The lowest BCUT2D eigenvalue weighted by Gasteiger charge is -2.32. The molecule has 2 unspecified atom stereocenters. The van der Waals surface area contributed by atoms with Gasteiger partial charge in [0.05, 0.1) is 11.7 Å². The molecule has 2 atom stereocenters. The molecule has 0 aromatic heterocycles. The molecule has 0 radical (unpaired) electrons. The summed E-state index contributed by atoms with van der Waals surface area (Å²) in [6, 6.07) is 10.8. The fourth-order valence-electron chi connectivity index (χ4n) is 4.17. The Morgan fingerprint density at radius 2 is 1.81 bits per heavy atom. The van der Waals surface area contributed by atoms with E-state index < -0.39 is 29.4 Å². The highest BCUT2D eigenvalue weighted by atomic mass is 79.9. The molecule has 2 fully saturated rings. The summed E-state index contributed by atoms with van der Waals surface area (Å²) in [7, 11) is 0. The largest absolute Gasteiger partial charge is 0.339 e. The lowest BCUT2D eigenvalue weighted by Crippen LogP contribution is -2.56. The van der Waals surface area contributed by atoms with Gasteiger partial charge < -0.3 is 5.32 Å². The molecule has 2 aliphatic heterocycles. The van der Waals surface area contributed by atoms with Crippen molar-refractivity contribution < 1.29 is 14.4 Å². The number of benzene rings is 2. The molecule has 2 heterocycles. The van der Waals surface area contributed by atoms with Crippen LogP contribution in [0.15, 0.2) is 46.9 Å². The van der Waals surface area contributed by atoms with Gasteiger partial charge in [0.25, 0.3) is 5.91 Å². The van der Waals surface area contributed by atoms with E-state index in [-0.39, 0.29) is 12.1 Å². The fraction of sp³-hybridized carbons (Fsp3) is 0.318. The molecule has 2 aromatic rings. The third-order valence-corrected chi connectivity index (χ3v) is 6.65. The molecule has 0 aliphatic carbocycles.